The van der Waals surface area contributed by atoms with E-state index in [4.69, 9.17) is 14.2 Å². The van der Waals surface area contributed by atoms with Gasteiger partial charge in [-0.1, -0.05) is 293 Å². The molecule has 0 radical (unpaired) electrons. The molecule has 0 amide bonds. The molecule has 0 rings (SSSR count). The van der Waals surface area contributed by atoms with Gasteiger partial charge in [-0.2, -0.15) is 0 Å². The summed E-state index contributed by atoms with van der Waals surface area (Å²) in [6.45, 7) is 6.54. The average molecular weight is 1050 g/mol. The SMILES string of the molecule is CC/C=C\C/C=C\C/C=C\C/C=C\C/C=C\CCCCCC(=O)OC[C@H](COC(=O)CCCCCCCCCCC/C=C\CCCCCCCC)OC(=O)CCCCCCCCCCCCCCCCCCCCC. The van der Waals surface area contributed by atoms with E-state index in [9.17, 15) is 14.4 Å². The number of hydrogen-bond acceptors (Lipinski definition) is 6. The van der Waals surface area contributed by atoms with Crippen LogP contribution in [0.3, 0.4) is 0 Å². The molecule has 0 heterocycles. The van der Waals surface area contributed by atoms with Crippen molar-refractivity contribution in [3.63, 3.8) is 0 Å². The quantitative estimate of drug-likeness (QED) is 0.0261. The second kappa shape index (κ2) is 63.4. The predicted octanol–water partition coefficient (Wildman–Crippen LogP) is 22.1. The second-order valence-corrected chi connectivity index (χ2v) is 21.6. The van der Waals surface area contributed by atoms with Crippen LogP contribution in [0.4, 0.5) is 0 Å². The number of ether oxygens (including phenoxy) is 3. The van der Waals surface area contributed by atoms with Gasteiger partial charge in [-0.25, -0.2) is 0 Å². The van der Waals surface area contributed by atoms with Crippen molar-refractivity contribution in [2.45, 2.75) is 335 Å². The number of esters is 3. The molecular weight excluding hydrogens is 925 g/mol. The Morgan fingerprint density at radius 1 is 0.280 bits per heavy atom. The number of allylic oxidation sites excluding steroid dienone is 12. The fourth-order valence-electron chi connectivity index (χ4n) is 9.35. The average Bonchev–Trinajstić information content (AvgIpc) is 3.41. The van der Waals surface area contributed by atoms with Gasteiger partial charge in [0.05, 0.1) is 0 Å². The van der Waals surface area contributed by atoms with Crippen LogP contribution in [-0.2, 0) is 28.6 Å². The van der Waals surface area contributed by atoms with Crippen LogP contribution in [-0.4, -0.2) is 37.2 Å². The summed E-state index contributed by atoms with van der Waals surface area (Å²) in [5.41, 5.74) is 0. The van der Waals surface area contributed by atoms with Gasteiger partial charge in [-0.3, -0.25) is 14.4 Å². The minimum absolute atomic E-state index is 0.0841. The number of rotatable bonds is 59. The van der Waals surface area contributed by atoms with E-state index in [2.05, 4.69) is 93.7 Å². The summed E-state index contributed by atoms with van der Waals surface area (Å²) in [5, 5.41) is 0. The molecule has 75 heavy (non-hydrogen) atoms. The van der Waals surface area contributed by atoms with Crippen LogP contribution in [0, 0.1) is 0 Å². The van der Waals surface area contributed by atoms with Crippen LogP contribution in [0.25, 0.3) is 0 Å². The van der Waals surface area contributed by atoms with Crippen LogP contribution in [0.15, 0.2) is 72.9 Å². The molecule has 0 bridgehead atoms. The van der Waals surface area contributed by atoms with Crippen LogP contribution >= 0.6 is 0 Å². The van der Waals surface area contributed by atoms with Gasteiger partial charge in [0.15, 0.2) is 6.10 Å². The van der Waals surface area contributed by atoms with Crippen molar-refractivity contribution in [2.75, 3.05) is 13.2 Å². The van der Waals surface area contributed by atoms with Crippen LogP contribution in [0.1, 0.15) is 329 Å². The first-order valence-electron chi connectivity index (χ1n) is 32.4. The third-order valence-electron chi connectivity index (χ3n) is 14.2. The van der Waals surface area contributed by atoms with E-state index in [-0.39, 0.29) is 31.1 Å². The van der Waals surface area contributed by atoms with E-state index >= 15 is 0 Å². The first-order chi connectivity index (χ1) is 37.0. The molecule has 0 aromatic rings. The van der Waals surface area contributed by atoms with Crippen molar-refractivity contribution in [3.05, 3.63) is 72.9 Å². The topological polar surface area (TPSA) is 78.9 Å². The highest BCUT2D eigenvalue weighted by Crippen LogP contribution is 2.17. The molecule has 6 heteroatoms. The zero-order chi connectivity index (χ0) is 54.3. The number of unbranched alkanes of at least 4 members (excludes halogenated alkanes) is 36. The van der Waals surface area contributed by atoms with Crippen molar-refractivity contribution in [3.8, 4) is 0 Å². The van der Waals surface area contributed by atoms with Gasteiger partial charge in [0, 0.05) is 19.3 Å². The first kappa shape index (κ1) is 71.8. The van der Waals surface area contributed by atoms with Crippen LogP contribution in [0.5, 0.6) is 0 Å². The lowest BCUT2D eigenvalue weighted by molar-refractivity contribution is -0.167. The van der Waals surface area contributed by atoms with E-state index in [0.717, 1.165) is 96.3 Å². The van der Waals surface area contributed by atoms with E-state index in [1.165, 1.54) is 193 Å². The van der Waals surface area contributed by atoms with Crippen LogP contribution in [0.2, 0.25) is 0 Å². The summed E-state index contributed by atoms with van der Waals surface area (Å²) < 4.78 is 16.9. The van der Waals surface area contributed by atoms with Crippen molar-refractivity contribution in [1.29, 1.82) is 0 Å². The lowest BCUT2D eigenvalue weighted by Crippen LogP contribution is -2.30. The van der Waals surface area contributed by atoms with E-state index in [0.29, 0.717) is 19.3 Å². The van der Waals surface area contributed by atoms with Crippen molar-refractivity contribution in [2.24, 2.45) is 0 Å². The summed E-state index contributed by atoms with van der Waals surface area (Å²) in [6, 6.07) is 0. The zero-order valence-corrected chi connectivity index (χ0v) is 49.8. The van der Waals surface area contributed by atoms with Gasteiger partial charge in [0.25, 0.3) is 0 Å². The predicted molar refractivity (Wildman–Crippen MR) is 325 cm³/mol. The molecule has 0 N–H and O–H groups in total. The number of carbonyl (C=O) groups excluding carboxylic acids is 3. The Labute approximate surface area is 465 Å². The van der Waals surface area contributed by atoms with Crippen molar-refractivity contribution < 1.29 is 28.6 Å². The highest BCUT2D eigenvalue weighted by molar-refractivity contribution is 5.71. The lowest BCUT2D eigenvalue weighted by Gasteiger charge is -2.18. The van der Waals surface area contributed by atoms with Crippen LogP contribution < -0.4 is 0 Å². The molecule has 0 aromatic carbocycles. The second-order valence-electron chi connectivity index (χ2n) is 21.6. The highest BCUT2D eigenvalue weighted by atomic mass is 16.6. The van der Waals surface area contributed by atoms with E-state index < -0.39 is 6.10 Å². The first-order valence-corrected chi connectivity index (χ1v) is 32.4. The smallest absolute Gasteiger partial charge is 0.306 e. The largest absolute Gasteiger partial charge is 0.462 e. The van der Waals surface area contributed by atoms with Gasteiger partial charge in [0.1, 0.15) is 13.2 Å². The maximum absolute atomic E-state index is 12.9. The molecule has 0 fully saturated rings. The fraction of sp³-hybridized carbons (Fsp3) is 0.783. The fourth-order valence-corrected chi connectivity index (χ4v) is 9.35. The summed E-state index contributed by atoms with van der Waals surface area (Å²) >= 11 is 0. The molecular formula is C69H122O6. The van der Waals surface area contributed by atoms with Gasteiger partial charge >= 0.3 is 17.9 Å². The minimum Gasteiger partial charge on any atom is -0.462 e. The number of carbonyl (C=O) groups is 3. The molecule has 0 spiro atoms. The van der Waals surface area contributed by atoms with Gasteiger partial charge in [0.2, 0.25) is 0 Å². The highest BCUT2D eigenvalue weighted by Gasteiger charge is 2.19. The Bertz CT molecular complexity index is 1390. The molecule has 0 aliphatic carbocycles. The maximum Gasteiger partial charge on any atom is 0.306 e. The Hall–Kier alpha value is -3.15. The maximum atomic E-state index is 12.9. The summed E-state index contributed by atoms with van der Waals surface area (Å²) in [4.78, 5) is 38.4. The molecule has 0 unspecified atom stereocenters. The Balaban J connectivity index is 4.41. The molecule has 0 saturated carbocycles. The summed E-state index contributed by atoms with van der Waals surface area (Å²) in [7, 11) is 0. The monoisotopic (exact) mass is 1050 g/mol. The standard InChI is InChI=1S/C69H122O6/c1-4-7-10-13-16-19-22-25-28-31-34-37-40-43-46-49-52-55-58-61-67(70)73-64-66(75-69(72)63-60-57-54-51-48-45-42-39-36-33-30-27-24-21-18-15-12-9-6-3)65-74-68(71)62-59-56-53-50-47-44-41-38-35-32-29-26-23-20-17-14-11-8-5-2/h7,10,16,19,25-26,28-29,34,37,43,46,66H,4-6,8-9,11-15,17-18,20-24,27,30-33,35-36,38-42,44-45,47-65H2,1-3H3/b10-7-,19-16-,28-25-,29-26-,37-34-,46-43-/t66-/m1/s1. The van der Waals surface area contributed by atoms with Crippen molar-refractivity contribution >= 4 is 17.9 Å². The van der Waals surface area contributed by atoms with Gasteiger partial charge < -0.3 is 14.2 Å². The zero-order valence-electron chi connectivity index (χ0n) is 49.8. The molecule has 0 aliphatic heterocycles. The molecule has 6 nitrogen and oxygen atoms in total. The molecule has 434 valence electrons. The third-order valence-corrected chi connectivity index (χ3v) is 14.2. The molecule has 0 saturated heterocycles. The van der Waals surface area contributed by atoms with E-state index in [1.807, 2.05) is 0 Å². The Morgan fingerprint density at radius 2 is 0.520 bits per heavy atom. The number of hydrogen-bond donors (Lipinski definition) is 0. The Morgan fingerprint density at radius 3 is 0.840 bits per heavy atom. The molecule has 1 atom stereocenters. The Kier molecular flexibility index (Phi) is 60.7. The molecule has 0 aliphatic rings. The third kappa shape index (κ3) is 61.6. The molecule has 0 aromatic heterocycles. The lowest BCUT2D eigenvalue weighted by atomic mass is 10.0. The van der Waals surface area contributed by atoms with E-state index in [1.54, 1.807) is 0 Å². The van der Waals surface area contributed by atoms with Gasteiger partial charge in [-0.05, 0) is 89.9 Å². The normalized spacial score (nSPS) is 12.5. The van der Waals surface area contributed by atoms with Crippen molar-refractivity contribution in [1.82, 2.24) is 0 Å². The summed E-state index contributed by atoms with van der Waals surface area (Å²) in [5.74, 6) is -0.901. The summed E-state index contributed by atoms with van der Waals surface area (Å²) in [6.07, 6.45) is 81.9. The van der Waals surface area contributed by atoms with Gasteiger partial charge in [-0.15, -0.1) is 0 Å². The minimum atomic E-state index is -0.790.